The molecule has 6 heteroatoms. The van der Waals surface area contributed by atoms with Gasteiger partial charge in [0.25, 0.3) is 5.91 Å². The summed E-state index contributed by atoms with van der Waals surface area (Å²) in [6.45, 7) is 1.44. The Labute approximate surface area is 183 Å². The molecule has 0 aliphatic rings. The Morgan fingerprint density at radius 1 is 0.806 bits per heavy atom. The summed E-state index contributed by atoms with van der Waals surface area (Å²) in [6, 6.07) is 24.7. The predicted octanol–water partition coefficient (Wildman–Crippen LogP) is 3.25. The summed E-state index contributed by atoms with van der Waals surface area (Å²) in [7, 11) is 0. The van der Waals surface area contributed by atoms with Crippen LogP contribution in [0.5, 0.6) is 11.5 Å². The van der Waals surface area contributed by atoms with Gasteiger partial charge in [-0.25, -0.2) is 0 Å². The summed E-state index contributed by atoms with van der Waals surface area (Å²) < 4.78 is 12.1. The van der Waals surface area contributed by atoms with Gasteiger partial charge in [0.15, 0.2) is 11.5 Å². The molecule has 0 saturated heterocycles. The molecular formula is C25H29N3O3. The highest BCUT2D eigenvalue weighted by molar-refractivity contribution is 5.98. The summed E-state index contributed by atoms with van der Waals surface area (Å²) in [5.74, 6) is 0.649. The van der Waals surface area contributed by atoms with Crippen LogP contribution in [0.2, 0.25) is 0 Å². The second-order valence-corrected chi connectivity index (χ2v) is 7.16. The van der Waals surface area contributed by atoms with E-state index >= 15 is 0 Å². The Kier molecular flexibility index (Phi) is 8.46. The average molecular weight is 420 g/mol. The second kappa shape index (κ2) is 11.7. The summed E-state index contributed by atoms with van der Waals surface area (Å²) in [4.78, 5) is 13.0. The maximum absolute atomic E-state index is 13.0. The van der Waals surface area contributed by atoms with Gasteiger partial charge in [0.05, 0.1) is 5.56 Å². The highest BCUT2D eigenvalue weighted by Crippen LogP contribution is 2.33. The van der Waals surface area contributed by atoms with Crippen molar-refractivity contribution in [2.45, 2.75) is 25.7 Å². The van der Waals surface area contributed by atoms with Crippen LogP contribution in [-0.2, 0) is 13.2 Å². The van der Waals surface area contributed by atoms with Crippen LogP contribution in [0, 0.1) is 0 Å². The summed E-state index contributed by atoms with van der Waals surface area (Å²) in [5.41, 5.74) is 13.8. The molecule has 3 rings (SSSR count). The molecule has 162 valence electrons. The summed E-state index contributed by atoms with van der Waals surface area (Å²) in [6.07, 6.45) is 0.604. The molecule has 31 heavy (non-hydrogen) atoms. The first kappa shape index (κ1) is 22.3. The van der Waals surface area contributed by atoms with Gasteiger partial charge in [0.2, 0.25) is 0 Å². The molecular weight excluding hydrogens is 390 g/mol. The number of carbonyl (C=O) groups excluding carboxylic acids is 1. The number of carbonyl (C=O) groups is 1. The zero-order valence-electron chi connectivity index (χ0n) is 17.5. The van der Waals surface area contributed by atoms with Gasteiger partial charge in [-0.15, -0.1) is 0 Å². The molecule has 5 N–H and O–H groups in total. The zero-order valence-corrected chi connectivity index (χ0v) is 17.5. The van der Waals surface area contributed by atoms with Gasteiger partial charge in [-0.3, -0.25) is 4.79 Å². The molecule has 0 heterocycles. The maximum atomic E-state index is 13.0. The zero-order chi connectivity index (χ0) is 21.9. The molecule has 3 aromatic rings. The molecule has 0 saturated carbocycles. The fraction of sp³-hybridized carbons (Fsp3) is 0.240. The molecule has 1 amide bonds. The molecule has 0 fully saturated rings. The van der Waals surface area contributed by atoms with Gasteiger partial charge in [-0.1, -0.05) is 66.7 Å². The van der Waals surface area contributed by atoms with Gasteiger partial charge in [-0.05, 0) is 36.2 Å². The first-order valence-electron chi connectivity index (χ1n) is 10.4. The number of hydrogen-bond acceptors (Lipinski definition) is 5. The topological polar surface area (TPSA) is 99.6 Å². The number of amides is 1. The number of para-hydroxylation sites is 1. The van der Waals surface area contributed by atoms with Gasteiger partial charge in [0.1, 0.15) is 13.2 Å². The quantitative estimate of drug-likeness (QED) is 0.443. The van der Waals surface area contributed by atoms with Gasteiger partial charge < -0.3 is 26.3 Å². The molecule has 0 aliphatic carbocycles. The highest BCUT2D eigenvalue weighted by atomic mass is 16.5. The van der Waals surface area contributed by atoms with Crippen molar-refractivity contribution in [1.29, 1.82) is 0 Å². The maximum Gasteiger partial charge on any atom is 0.255 e. The van der Waals surface area contributed by atoms with Gasteiger partial charge in [0, 0.05) is 12.6 Å². The van der Waals surface area contributed by atoms with E-state index in [9.17, 15) is 4.79 Å². The molecule has 0 spiro atoms. The SMILES string of the molecule is NCC[C@H](CN)NC(=O)c1cccc(OCc2ccccc2)c1OCc1ccccc1. The fourth-order valence-electron chi connectivity index (χ4n) is 3.14. The third-order valence-corrected chi connectivity index (χ3v) is 4.82. The second-order valence-electron chi connectivity index (χ2n) is 7.16. The van der Waals surface area contributed by atoms with E-state index in [2.05, 4.69) is 5.32 Å². The molecule has 1 atom stereocenters. The van der Waals surface area contributed by atoms with E-state index in [-0.39, 0.29) is 11.9 Å². The minimum atomic E-state index is -0.267. The van der Waals surface area contributed by atoms with Crippen molar-refractivity contribution in [3.05, 3.63) is 95.6 Å². The molecule has 0 unspecified atom stereocenters. The van der Waals surface area contributed by atoms with Crippen LogP contribution in [0.15, 0.2) is 78.9 Å². The van der Waals surface area contributed by atoms with Crippen LogP contribution in [-0.4, -0.2) is 25.0 Å². The third-order valence-electron chi connectivity index (χ3n) is 4.82. The Morgan fingerprint density at radius 2 is 1.42 bits per heavy atom. The highest BCUT2D eigenvalue weighted by Gasteiger charge is 2.20. The van der Waals surface area contributed by atoms with E-state index in [1.807, 2.05) is 60.7 Å². The first-order valence-corrected chi connectivity index (χ1v) is 10.4. The van der Waals surface area contributed by atoms with E-state index in [4.69, 9.17) is 20.9 Å². The first-order chi connectivity index (χ1) is 15.2. The molecule has 0 aromatic heterocycles. The lowest BCUT2D eigenvalue weighted by Gasteiger charge is -2.19. The Hall–Kier alpha value is -3.35. The predicted molar refractivity (Wildman–Crippen MR) is 122 cm³/mol. The van der Waals surface area contributed by atoms with Crippen LogP contribution in [0.4, 0.5) is 0 Å². The van der Waals surface area contributed by atoms with E-state index < -0.39 is 0 Å². The Balaban J connectivity index is 1.84. The molecule has 0 bridgehead atoms. The largest absolute Gasteiger partial charge is 0.485 e. The van der Waals surface area contributed by atoms with Gasteiger partial charge in [-0.2, -0.15) is 0 Å². The standard InChI is InChI=1S/C25H29N3O3/c26-15-14-21(16-27)28-25(29)22-12-7-13-23(30-17-19-8-3-1-4-9-19)24(22)31-18-20-10-5-2-6-11-20/h1-13,21H,14-18,26-27H2,(H,28,29)/t21-/m1/s1. The molecule has 6 nitrogen and oxygen atoms in total. The monoisotopic (exact) mass is 419 g/mol. The summed E-state index contributed by atoms with van der Waals surface area (Å²) >= 11 is 0. The van der Waals surface area contributed by atoms with Crippen LogP contribution >= 0.6 is 0 Å². The van der Waals surface area contributed by atoms with Crippen LogP contribution in [0.1, 0.15) is 27.9 Å². The Morgan fingerprint density at radius 3 is 2.00 bits per heavy atom. The van der Waals surface area contributed by atoms with Crippen molar-refractivity contribution in [3.8, 4) is 11.5 Å². The number of nitrogens with one attached hydrogen (secondary N) is 1. The fourth-order valence-corrected chi connectivity index (χ4v) is 3.14. The van der Waals surface area contributed by atoms with Crippen LogP contribution in [0.3, 0.4) is 0 Å². The molecule has 0 aliphatic heterocycles. The lowest BCUT2D eigenvalue weighted by molar-refractivity contribution is 0.0931. The number of benzene rings is 3. The minimum absolute atomic E-state index is 0.201. The van der Waals surface area contributed by atoms with Crippen LogP contribution < -0.4 is 26.3 Å². The lowest BCUT2D eigenvalue weighted by Crippen LogP contribution is -2.41. The lowest BCUT2D eigenvalue weighted by atomic mass is 10.1. The van der Waals surface area contributed by atoms with Crippen molar-refractivity contribution in [2.75, 3.05) is 13.1 Å². The van der Waals surface area contributed by atoms with Crippen molar-refractivity contribution >= 4 is 5.91 Å². The van der Waals surface area contributed by atoms with E-state index in [0.717, 1.165) is 11.1 Å². The Bertz CT molecular complexity index is 949. The minimum Gasteiger partial charge on any atom is -0.485 e. The average Bonchev–Trinajstić information content (AvgIpc) is 2.82. The van der Waals surface area contributed by atoms with E-state index in [1.54, 1.807) is 18.2 Å². The number of ether oxygens (including phenoxy) is 2. The van der Waals surface area contributed by atoms with Crippen LogP contribution in [0.25, 0.3) is 0 Å². The molecule has 0 radical (unpaired) electrons. The van der Waals surface area contributed by atoms with E-state index in [0.29, 0.717) is 49.8 Å². The van der Waals surface area contributed by atoms with Crippen molar-refractivity contribution in [1.82, 2.24) is 5.32 Å². The smallest absolute Gasteiger partial charge is 0.255 e. The summed E-state index contributed by atoms with van der Waals surface area (Å²) in [5, 5.41) is 2.94. The molecule has 3 aromatic carbocycles. The number of hydrogen-bond donors (Lipinski definition) is 3. The third kappa shape index (κ3) is 6.57. The van der Waals surface area contributed by atoms with Crippen molar-refractivity contribution < 1.29 is 14.3 Å². The van der Waals surface area contributed by atoms with Crippen molar-refractivity contribution in [2.24, 2.45) is 11.5 Å². The number of rotatable bonds is 11. The number of nitrogens with two attached hydrogens (primary N) is 2. The van der Waals surface area contributed by atoms with Crippen molar-refractivity contribution in [3.63, 3.8) is 0 Å². The normalized spacial score (nSPS) is 11.5. The van der Waals surface area contributed by atoms with E-state index in [1.165, 1.54) is 0 Å². The van der Waals surface area contributed by atoms with Gasteiger partial charge >= 0.3 is 0 Å².